The molecule has 2 saturated heterocycles. The number of thioether (sulfide) groups is 1. The molecular weight excluding hydrogens is 349 g/mol. The van der Waals surface area contributed by atoms with Crippen LogP contribution < -0.4 is 5.32 Å². The number of alkyl halides is 3. The highest BCUT2D eigenvalue weighted by Gasteiger charge is 2.31. The first kappa shape index (κ1) is 19.0. The van der Waals surface area contributed by atoms with Crippen molar-refractivity contribution in [2.45, 2.75) is 31.1 Å². The van der Waals surface area contributed by atoms with Gasteiger partial charge in [0.2, 0.25) is 0 Å². The fraction of sp³-hybridized carbons (Fsp3) is 0.667. The molecule has 2 heterocycles. The highest BCUT2D eigenvalue weighted by Crippen LogP contribution is 2.31. The van der Waals surface area contributed by atoms with E-state index in [9.17, 15) is 13.2 Å². The van der Waals surface area contributed by atoms with E-state index in [4.69, 9.17) is 4.74 Å². The standard InChI is InChI=1S/C18H25F3N2OS/c19-18(20,21)15-3-1-14(2-4-15)17(23-7-9-24-10-8-23)13-22-16-5-11-25-12-6-16/h1-4,16-17,22H,5-13H2. The maximum Gasteiger partial charge on any atom is 0.416 e. The molecule has 2 aliphatic rings. The van der Waals surface area contributed by atoms with Crippen LogP contribution in [0.5, 0.6) is 0 Å². The number of rotatable bonds is 5. The molecule has 0 amide bonds. The van der Waals surface area contributed by atoms with Crippen LogP contribution in [0.4, 0.5) is 13.2 Å². The predicted octanol–water partition coefficient (Wildman–Crippen LogP) is 3.56. The average Bonchev–Trinajstić information content (AvgIpc) is 2.63. The van der Waals surface area contributed by atoms with Gasteiger partial charge in [-0.2, -0.15) is 24.9 Å². The Morgan fingerprint density at radius 1 is 1.12 bits per heavy atom. The molecule has 1 N–H and O–H groups in total. The molecule has 3 nitrogen and oxygen atoms in total. The van der Waals surface area contributed by atoms with Crippen LogP contribution >= 0.6 is 11.8 Å². The van der Waals surface area contributed by atoms with Crippen molar-refractivity contribution in [1.29, 1.82) is 0 Å². The van der Waals surface area contributed by atoms with E-state index in [-0.39, 0.29) is 6.04 Å². The van der Waals surface area contributed by atoms with Crippen LogP contribution in [-0.2, 0) is 10.9 Å². The van der Waals surface area contributed by atoms with Crippen molar-refractivity contribution in [2.24, 2.45) is 0 Å². The summed E-state index contributed by atoms with van der Waals surface area (Å²) in [5.74, 6) is 2.36. The van der Waals surface area contributed by atoms with E-state index in [1.54, 1.807) is 12.1 Å². The normalized spacial score (nSPS) is 22.0. The van der Waals surface area contributed by atoms with E-state index in [0.717, 1.165) is 38.0 Å². The molecule has 1 aromatic carbocycles. The zero-order valence-corrected chi connectivity index (χ0v) is 15.0. The molecule has 140 valence electrons. The Hall–Kier alpha value is -0.760. The number of halogens is 3. The van der Waals surface area contributed by atoms with Crippen LogP contribution in [0, 0.1) is 0 Å². The first-order chi connectivity index (χ1) is 12.0. The number of nitrogens with zero attached hydrogens (tertiary/aromatic N) is 1. The Balaban J connectivity index is 1.70. The predicted molar refractivity (Wildman–Crippen MR) is 94.9 cm³/mol. The molecule has 7 heteroatoms. The van der Waals surface area contributed by atoms with Crippen LogP contribution in [0.1, 0.15) is 30.0 Å². The van der Waals surface area contributed by atoms with Gasteiger partial charge in [0.25, 0.3) is 0 Å². The lowest BCUT2D eigenvalue weighted by Gasteiger charge is -2.36. The summed E-state index contributed by atoms with van der Waals surface area (Å²) in [5, 5.41) is 3.64. The van der Waals surface area contributed by atoms with Gasteiger partial charge < -0.3 is 10.1 Å². The van der Waals surface area contributed by atoms with E-state index in [1.165, 1.54) is 23.6 Å². The highest BCUT2D eigenvalue weighted by atomic mass is 32.2. The molecular formula is C18H25F3N2OS. The molecule has 0 aliphatic carbocycles. The Morgan fingerprint density at radius 3 is 2.36 bits per heavy atom. The van der Waals surface area contributed by atoms with Gasteiger partial charge in [-0.05, 0) is 42.0 Å². The minimum Gasteiger partial charge on any atom is -0.379 e. The molecule has 2 fully saturated rings. The molecule has 3 rings (SSSR count). The fourth-order valence-electron chi connectivity index (χ4n) is 3.42. The summed E-state index contributed by atoms with van der Waals surface area (Å²) in [6.45, 7) is 3.75. The van der Waals surface area contributed by atoms with Crippen LogP contribution in [0.3, 0.4) is 0 Å². The third-order valence-electron chi connectivity index (χ3n) is 4.93. The van der Waals surface area contributed by atoms with Gasteiger partial charge in [0, 0.05) is 31.7 Å². The number of morpholine rings is 1. The summed E-state index contributed by atoms with van der Waals surface area (Å²) >= 11 is 1.99. The maximum absolute atomic E-state index is 12.8. The summed E-state index contributed by atoms with van der Waals surface area (Å²) in [7, 11) is 0. The summed E-state index contributed by atoms with van der Waals surface area (Å²) in [5.41, 5.74) is 0.349. The van der Waals surface area contributed by atoms with Crippen molar-refractivity contribution in [1.82, 2.24) is 10.2 Å². The Kier molecular flexibility index (Phi) is 6.66. The Bertz CT molecular complexity index is 526. The molecule has 0 radical (unpaired) electrons. The molecule has 1 unspecified atom stereocenters. The van der Waals surface area contributed by atoms with Crippen molar-refractivity contribution < 1.29 is 17.9 Å². The van der Waals surface area contributed by atoms with Crippen molar-refractivity contribution in [3.8, 4) is 0 Å². The van der Waals surface area contributed by atoms with E-state index >= 15 is 0 Å². The van der Waals surface area contributed by atoms with Gasteiger partial charge in [0.1, 0.15) is 0 Å². The van der Waals surface area contributed by atoms with E-state index in [0.29, 0.717) is 19.3 Å². The van der Waals surface area contributed by atoms with Gasteiger partial charge >= 0.3 is 6.18 Å². The lowest BCUT2D eigenvalue weighted by Crippen LogP contribution is -2.45. The number of nitrogens with one attached hydrogen (secondary N) is 1. The van der Waals surface area contributed by atoms with Crippen LogP contribution in [0.2, 0.25) is 0 Å². The molecule has 0 bridgehead atoms. The minimum atomic E-state index is -4.29. The van der Waals surface area contributed by atoms with Gasteiger partial charge in [-0.15, -0.1) is 0 Å². The first-order valence-corrected chi connectivity index (χ1v) is 9.99. The second kappa shape index (κ2) is 8.75. The van der Waals surface area contributed by atoms with Gasteiger partial charge in [-0.1, -0.05) is 12.1 Å². The molecule has 0 saturated carbocycles. The quantitative estimate of drug-likeness (QED) is 0.852. The summed E-state index contributed by atoms with van der Waals surface area (Å²) < 4.78 is 43.9. The van der Waals surface area contributed by atoms with E-state index < -0.39 is 11.7 Å². The third kappa shape index (κ3) is 5.36. The van der Waals surface area contributed by atoms with Gasteiger partial charge in [-0.3, -0.25) is 4.90 Å². The molecule has 25 heavy (non-hydrogen) atoms. The highest BCUT2D eigenvalue weighted by molar-refractivity contribution is 7.99. The lowest BCUT2D eigenvalue weighted by molar-refractivity contribution is -0.137. The van der Waals surface area contributed by atoms with Crippen molar-refractivity contribution >= 4 is 11.8 Å². The largest absolute Gasteiger partial charge is 0.416 e. The Morgan fingerprint density at radius 2 is 1.76 bits per heavy atom. The zero-order chi connectivity index (χ0) is 17.7. The number of hydrogen-bond donors (Lipinski definition) is 1. The zero-order valence-electron chi connectivity index (χ0n) is 14.2. The third-order valence-corrected chi connectivity index (χ3v) is 5.98. The van der Waals surface area contributed by atoms with Crippen LogP contribution in [-0.4, -0.2) is 55.3 Å². The Labute approximate surface area is 151 Å². The molecule has 0 spiro atoms. The summed E-state index contributed by atoms with van der Waals surface area (Å²) in [6, 6.07) is 6.24. The second-order valence-electron chi connectivity index (χ2n) is 6.58. The molecule has 1 aromatic rings. The van der Waals surface area contributed by atoms with Crippen molar-refractivity contribution in [3.05, 3.63) is 35.4 Å². The summed E-state index contributed by atoms with van der Waals surface area (Å²) in [6.07, 6.45) is -1.97. The monoisotopic (exact) mass is 374 g/mol. The maximum atomic E-state index is 12.8. The van der Waals surface area contributed by atoms with Crippen molar-refractivity contribution in [3.63, 3.8) is 0 Å². The SMILES string of the molecule is FC(F)(F)c1ccc(C(CNC2CCSCC2)N2CCOCC2)cc1. The van der Waals surface area contributed by atoms with Crippen LogP contribution in [0.25, 0.3) is 0 Å². The van der Waals surface area contributed by atoms with Gasteiger partial charge in [0.15, 0.2) is 0 Å². The van der Waals surface area contributed by atoms with Gasteiger partial charge in [0.05, 0.1) is 18.8 Å². The number of hydrogen-bond acceptors (Lipinski definition) is 4. The molecule has 2 aliphatic heterocycles. The van der Waals surface area contributed by atoms with E-state index in [2.05, 4.69) is 10.2 Å². The lowest BCUT2D eigenvalue weighted by atomic mass is 10.0. The van der Waals surface area contributed by atoms with Gasteiger partial charge in [-0.25, -0.2) is 0 Å². The average molecular weight is 374 g/mol. The van der Waals surface area contributed by atoms with Crippen LogP contribution in [0.15, 0.2) is 24.3 Å². The summed E-state index contributed by atoms with van der Waals surface area (Å²) in [4.78, 5) is 2.32. The van der Waals surface area contributed by atoms with E-state index in [1.807, 2.05) is 11.8 Å². The number of ether oxygens (including phenoxy) is 1. The smallest absolute Gasteiger partial charge is 0.379 e. The topological polar surface area (TPSA) is 24.5 Å². The molecule has 0 aromatic heterocycles. The fourth-order valence-corrected chi connectivity index (χ4v) is 4.53. The van der Waals surface area contributed by atoms with Crippen molar-refractivity contribution in [2.75, 3.05) is 44.4 Å². The first-order valence-electron chi connectivity index (χ1n) is 8.84. The molecule has 1 atom stereocenters. The number of benzene rings is 1. The second-order valence-corrected chi connectivity index (χ2v) is 7.80. The minimum absolute atomic E-state index is 0.0840.